The fourth-order valence-electron chi connectivity index (χ4n) is 1.76. The van der Waals surface area contributed by atoms with Crippen LogP contribution in [0.3, 0.4) is 0 Å². The van der Waals surface area contributed by atoms with Crippen LogP contribution in [0.2, 0.25) is 0 Å². The van der Waals surface area contributed by atoms with Crippen LogP contribution in [0.5, 0.6) is 0 Å². The van der Waals surface area contributed by atoms with Crippen molar-refractivity contribution in [2.24, 2.45) is 0 Å². The zero-order chi connectivity index (χ0) is 11.8. The fraction of sp³-hybridized carbons (Fsp3) is 0.250. The Kier molecular flexibility index (Phi) is 2.31. The first kappa shape index (κ1) is 10.3. The normalized spacial score (nSPS) is 14.9. The summed E-state index contributed by atoms with van der Waals surface area (Å²) in [5, 5.41) is 2.99. The van der Waals surface area contributed by atoms with Crippen LogP contribution in [0.25, 0.3) is 0 Å². The summed E-state index contributed by atoms with van der Waals surface area (Å²) in [6, 6.07) is 4.21. The molecule has 0 saturated heterocycles. The van der Waals surface area contributed by atoms with E-state index in [-0.39, 0.29) is 0 Å². The van der Waals surface area contributed by atoms with Crippen LogP contribution in [0.15, 0.2) is 30.6 Å². The predicted molar refractivity (Wildman–Crippen MR) is 60.1 cm³/mol. The Bertz CT molecular complexity index is 546. The van der Waals surface area contributed by atoms with E-state index in [4.69, 9.17) is 0 Å². The van der Waals surface area contributed by atoms with Crippen molar-refractivity contribution in [2.45, 2.75) is 18.9 Å². The summed E-state index contributed by atoms with van der Waals surface area (Å²) in [6.07, 6.45) is 5.87. The average Bonchev–Trinajstić information content (AvgIpc) is 3.05. The van der Waals surface area contributed by atoms with Crippen molar-refractivity contribution < 1.29 is 8.78 Å². The number of anilines is 2. The van der Waals surface area contributed by atoms with Gasteiger partial charge >= 0.3 is 0 Å². The molecule has 1 aliphatic carbocycles. The molecular formula is C12H11F2N3. The molecule has 5 heteroatoms. The van der Waals surface area contributed by atoms with Gasteiger partial charge in [0.2, 0.25) is 5.95 Å². The second kappa shape index (κ2) is 3.84. The van der Waals surface area contributed by atoms with Gasteiger partial charge in [0.25, 0.3) is 0 Å². The number of nitrogens with one attached hydrogen (secondary N) is 1. The number of hydrogen-bond donors (Lipinski definition) is 1. The van der Waals surface area contributed by atoms with Crippen LogP contribution >= 0.6 is 0 Å². The van der Waals surface area contributed by atoms with Gasteiger partial charge in [0.1, 0.15) is 0 Å². The minimum Gasteiger partial charge on any atom is -0.326 e. The lowest BCUT2D eigenvalue weighted by Gasteiger charge is -2.08. The van der Waals surface area contributed by atoms with Gasteiger partial charge in [0.05, 0.1) is 0 Å². The highest BCUT2D eigenvalue weighted by Gasteiger charge is 2.25. The van der Waals surface area contributed by atoms with Crippen LogP contribution in [-0.2, 0) is 0 Å². The third-order valence-corrected chi connectivity index (χ3v) is 2.78. The first-order chi connectivity index (χ1) is 8.24. The van der Waals surface area contributed by atoms with Gasteiger partial charge in [-0.15, -0.1) is 0 Å². The van der Waals surface area contributed by atoms with E-state index in [1.165, 1.54) is 6.07 Å². The highest BCUT2D eigenvalue weighted by atomic mass is 19.2. The van der Waals surface area contributed by atoms with E-state index < -0.39 is 11.6 Å². The van der Waals surface area contributed by atoms with Crippen molar-refractivity contribution in [3.8, 4) is 0 Å². The number of imidazole rings is 1. The van der Waals surface area contributed by atoms with Gasteiger partial charge in [-0.05, 0) is 25.0 Å². The van der Waals surface area contributed by atoms with Gasteiger partial charge < -0.3 is 9.88 Å². The summed E-state index contributed by atoms with van der Waals surface area (Å²) in [5.41, 5.74) is 0.497. The molecule has 0 spiro atoms. The molecule has 1 aromatic heterocycles. The number of halogens is 2. The van der Waals surface area contributed by atoms with Gasteiger partial charge in [-0.2, -0.15) is 0 Å². The van der Waals surface area contributed by atoms with Gasteiger partial charge in [-0.25, -0.2) is 13.8 Å². The Morgan fingerprint density at radius 2 is 2.06 bits per heavy atom. The van der Waals surface area contributed by atoms with Crippen LogP contribution < -0.4 is 5.32 Å². The molecule has 88 valence electrons. The topological polar surface area (TPSA) is 29.9 Å². The largest absolute Gasteiger partial charge is 0.326 e. The lowest BCUT2D eigenvalue weighted by atomic mass is 10.3. The minimum atomic E-state index is -0.862. The molecule has 1 heterocycles. The van der Waals surface area contributed by atoms with E-state index in [2.05, 4.69) is 10.3 Å². The number of rotatable bonds is 3. The highest BCUT2D eigenvalue weighted by molar-refractivity contribution is 5.53. The summed E-state index contributed by atoms with van der Waals surface area (Å²) in [7, 11) is 0. The molecule has 17 heavy (non-hydrogen) atoms. The summed E-state index contributed by atoms with van der Waals surface area (Å²) in [6.45, 7) is 0. The minimum absolute atomic E-state index is 0.491. The van der Waals surface area contributed by atoms with Crippen molar-refractivity contribution in [1.82, 2.24) is 9.55 Å². The zero-order valence-corrected chi connectivity index (χ0v) is 9.03. The van der Waals surface area contributed by atoms with Crippen molar-refractivity contribution in [1.29, 1.82) is 0 Å². The maximum absolute atomic E-state index is 13.0. The van der Waals surface area contributed by atoms with Crippen LogP contribution in [0.1, 0.15) is 18.9 Å². The standard InChI is InChI=1S/C12H11F2N3/c13-10-4-1-8(7-11(10)14)16-12-15-5-6-17(12)9-2-3-9/h1,4-7,9H,2-3H2,(H,15,16). The van der Waals surface area contributed by atoms with Crippen molar-refractivity contribution in [3.63, 3.8) is 0 Å². The monoisotopic (exact) mass is 235 g/mol. The molecule has 1 aromatic carbocycles. The lowest BCUT2D eigenvalue weighted by Crippen LogP contribution is -2.01. The second-order valence-corrected chi connectivity index (χ2v) is 4.14. The summed E-state index contributed by atoms with van der Waals surface area (Å²) >= 11 is 0. The van der Waals surface area contributed by atoms with E-state index >= 15 is 0 Å². The van der Waals surface area contributed by atoms with Gasteiger partial charge in [-0.1, -0.05) is 0 Å². The smallest absolute Gasteiger partial charge is 0.207 e. The summed E-state index contributed by atoms with van der Waals surface area (Å²) < 4.78 is 27.8. The molecule has 3 rings (SSSR count). The highest BCUT2D eigenvalue weighted by Crippen LogP contribution is 2.37. The molecule has 0 unspecified atom stereocenters. The number of benzene rings is 1. The van der Waals surface area contributed by atoms with E-state index in [1.807, 2.05) is 10.8 Å². The van der Waals surface area contributed by atoms with E-state index in [9.17, 15) is 8.78 Å². The molecule has 0 amide bonds. The number of hydrogen-bond acceptors (Lipinski definition) is 2. The molecule has 1 N–H and O–H groups in total. The summed E-state index contributed by atoms with van der Waals surface area (Å²) in [5.74, 6) is -1.04. The Balaban J connectivity index is 1.85. The predicted octanol–water partition coefficient (Wildman–Crippen LogP) is 3.24. The van der Waals surface area contributed by atoms with Gasteiger partial charge in [0.15, 0.2) is 11.6 Å². The zero-order valence-electron chi connectivity index (χ0n) is 9.03. The van der Waals surface area contributed by atoms with Crippen molar-refractivity contribution >= 4 is 11.6 Å². The first-order valence-electron chi connectivity index (χ1n) is 5.49. The Labute approximate surface area is 97.1 Å². The average molecular weight is 235 g/mol. The molecule has 0 bridgehead atoms. The summed E-state index contributed by atoms with van der Waals surface area (Å²) in [4.78, 5) is 4.16. The molecule has 3 nitrogen and oxygen atoms in total. The number of aromatic nitrogens is 2. The quantitative estimate of drug-likeness (QED) is 0.885. The van der Waals surface area contributed by atoms with Crippen LogP contribution in [0.4, 0.5) is 20.4 Å². The van der Waals surface area contributed by atoms with E-state index in [0.717, 1.165) is 25.0 Å². The Hall–Kier alpha value is -1.91. The molecule has 0 atom stereocenters. The van der Waals surface area contributed by atoms with Crippen molar-refractivity contribution in [2.75, 3.05) is 5.32 Å². The maximum Gasteiger partial charge on any atom is 0.207 e. The molecule has 2 aromatic rings. The fourth-order valence-corrected chi connectivity index (χ4v) is 1.76. The molecule has 0 aliphatic heterocycles. The third kappa shape index (κ3) is 2.00. The lowest BCUT2D eigenvalue weighted by molar-refractivity contribution is 0.509. The SMILES string of the molecule is Fc1ccc(Nc2nccn2C2CC2)cc1F. The van der Waals surface area contributed by atoms with Crippen molar-refractivity contribution in [3.05, 3.63) is 42.2 Å². The molecule has 1 aliphatic rings. The molecule has 1 saturated carbocycles. The van der Waals surface area contributed by atoms with Gasteiger partial charge in [0, 0.05) is 30.2 Å². The third-order valence-electron chi connectivity index (χ3n) is 2.78. The molecule has 0 radical (unpaired) electrons. The Morgan fingerprint density at radius 3 is 2.76 bits per heavy atom. The number of nitrogens with zero attached hydrogens (tertiary/aromatic N) is 2. The second-order valence-electron chi connectivity index (χ2n) is 4.14. The van der Waals surface area contributed by atoms with Crippen LogP contribution in [-0.4, -0.2) is 9.55 Å². The van der Waals surface area contributed by atoms with E-state index in [0.29, 0.717) is 17.7 Å². The Morgan fingerprint density at radius 1 is 1.24 bits per heavy atom. The maximum atomic E-state index is 13.0. The van der Waals surface area contributed by atoms with Crippen LogP contribution in [0, 0.1) is 11.6 Å². The van der Waals surface area contributed by atoms with E-state index in [1.54, 1.807) is 6.20 Å². The molecular weight excluding hydrogens is 224 g/mol. The van der Waals surface area contributed by atoms with Gasteiger partial charge in [-0.3, -0.25) is 0 Å². The molecule has 1 fully saturated rings. The first-order valence-corrected chi connectivity index (χ1v) is 5.49.